The number of fused-ring (bicyclic) bond motifs is 3. The summed E-state index contributed by atoms with van der Waals surface area (Å²) in [4.78, 5) is 26.8. The van der Waals surface area contributed by atoms with Gasteiger partial charge >= 0.3 is 6.18 Å². The maximum absolute atomic E-state index is 13.8. The van der Waals surface area contributed by atoms with Gasteiger partial charge in [0.15, 0.2) is 11.4 Å². The standard InChI is InChI=1S/C24H19ClF3N3O3S/c1-13(24(26,27)28)29-12-31(30-10-9-18(32)21(33)20(30)23(29)34)19-15-6-3-2-5-14(15)11-35-22-16(19)7-4-8-17(22)25/h2-10,13,19,33H,11-12H2,1H3/t13-,19-/m0/s1. The van der Waals surface area contributed by atoms with Crippen LogP contribution in [0.4, 0.5) is 13.2 Å². The molecule has 0 saturated carbocycles. The number of nitrogens with zero attached hydrogens (tertiary/aromatic N) is 3. The number of amides is 1. The summed E-state index contributed by atoms with van der Waals surface area (Å²) in [6, 6.07) is 11.1. The highest BCUT2D eigenvalue weighted by Gasteiger charge is 2.47. The SMILES string of the molecule is C[C@H](N1CN([C@H]2c3ccccc3CSc3c(Cl)cccc32)n2ccc(=O)c(O)c2C1=O)C(F)(F)F. The quantitative estimate of drug-likeness (QED) is 0.519. The van der Waals surface area contributed by atoms with Gasteiger partial charge in [-0.3, -0.25) is 19.3 Å². The van der Waals surface area contributed by atoms with Gasteiger partial charge in [-0.15, -0.1) is 11.8 Å². The zero-order valence-corrected chi connectivity index (χ0v) is 19.9. The lowest BCUT2D eigenvalue weighted by molar-refractivity contribution is -0.173. The van der Waals surface area contributed by atoms with E-state index in [2.05, 4.69) is 0 Å². The van der Waals surface area contributed by atoms with Crippen LogP contribution >= 0.6 is 23.4 Å². The fraction of sp³-hybridized carbons (Fsp3) is 0.250. The molecule has 2 aliphatic rings. The van der Waals surface area contributed by atoms with Crippen LogP contribution in [0, 0.1) is 0 Å². The average Bonchev–Trinajstić information content (AvgIpc) is 2.98. The van der Waals surface area contributed by atoms with Crippen LogP contribution in [0.1, 0.15) is 40.1 Å². The number of carbonyl (C=O) groups excluding carboxylic acids is 1. The molecule has 35 heavy (non-hydrogen) atoms. The molecule has 0 spiro atoms. The molecule has 3 heterocycles. The minimum atomic E-state index is -4.72. The number of benzene rings is 2. The van der Waals surface area contributed by atoms with Crippen LogP contribution in [0.2, 0.25) is 5.02 Å². The molecule has 0 unspecified atom stereocenters. The van der Waals surface area contributed by atoms with Gasteiger partial charge in [-0.1, -0.05) is 48.0 Å². The second-order valence-corrected chi connectivity index (χ2v) is 9.74. The summed E-state index contributed by atoms with van der Waals surface area (Å²) in [7, 11) is 0. The smallest absolute Gasteiger partial charge is 0.408 e. The van der Waals surface area contributed by atoms with Crippen molar-refractivity contribution in [3.63, 3.8) is 0 Å². The van der Waals surface area contributed by atoms with Gasteiger partial charge in [-0.2, -0.15) is 13.2 Å². The second kappa shape index (κ2) is 8.53. The predicted molar refractivity (Wildman–Crippen MR) is 126 cm³/mol. The molecule has 0 bridgehead atoms. The van der Waals surface area contributed by atoms with E-state index in [1.807, 2.05) is 30.3 Å². The summed E-state index contributed by atoms with van der Waals surface area (Å²) in [6.07, 6.45) is -3.41. The van der Waals surface area contributed by atoms with Crippen molar-refractivity contribution in [3.05, 3.63) is 92.4 Å². The molecule has 1 aromatic heterocycles. The first-order valence-electron chi connectivity index (χ1n) is 10.7. The molecular formula is C24H19ClF3N3O3S. The van der Waals surface area contributed by atoms with Crippen LogP contribution in [0.25, 0.3) is 0 Å². The number of rotatable bonds is 2. The van der Waals surface area contributed by atoms with Crippen molar-refractivity contribution in [3.8, 4) is 5.75 Å². The zero-order chi connectivity index (χ0) is 25.1. The fourth-order valence-electron chi connectivity index (χ4n) is 4.50. The van der Waals surface area contributed by atoms with Crippen molar-refractivity contribution in [1.82, 2.24) is 9.58 Å². The van der Waals surface area contributed by atoms with Gasteiger partial charge in [0.25, 0.3) is 5.91 Å². The molecule has 182 valence electrons. The molecule has 11 heteroatoms. The highest BCUT2D eigenvalue weighted by Crippen LogP contribution is 2.45. The molecule has 2 aromatic carbocycles. The Morgan fingerprint density at radius 3 is 2.54 bits per heavy atom. The molecule has 0 fully saturated rings. The number of aromatic hydroxyl groups is 1. The lowest BCUT2D eigenvalue weighted by atomic mass is 9.94. The van der Waals surface area contributed by atoms with Crippen LogP contribution < -0.4 is 10.4 Å². The Balaban J connectivity index is 1.79. The summed E-state index contributed by atoms with van der Waals surface area (Å²) in [5, 5.41) is 12.6. The van der Waals surface area contributed by atoms with E-state index in [0.29, 0.717) is 15.7 Å². The van der Waals surface area contributed by atoms with Crippen molar-refractivity contribution < 1.29 is 23.1 Å². The lowest BCUT2D eigenvalue weighted by Crippen LogP contribution is -2.60. The molecule has 6 nitrogen and oxygen atoms in total. The van der Waals surface area contributed by atoms with Gasteiger partial charge in [0.05, 0.1) is 11.1 Å². The third-order valence-corrected chi connectivity index (χ3v) is 7.97. The lowest BCUT2D eigenvalue weighted by Gasteiger charge is -2.46. The van der Waals surface area contributed by atoms with Crippen molar-refractivity contribution in [1.29, 1.82) is 0 Å². The fourth-order valence-corrected chi connectivity index (χ4v) is 5.96. The van der Waals surface area contributed by atoms with Crippen molar-refractivity contribution in [2.75, 3.05) is 11.7 Å². The van der Waals surface area contributed by atoms with Gasteiger partial charge < -0.3 is 10.0 Å². The molecule has 2 atom stereocenters. The van der Waals surface area contributed by atoms with Gasteiger partial charge in [0.2, 0.25) is 5.43 Å². The summed E-state index contributed by atoms with van der Waals surface area (Å²) >= 11 is 8.05. The van der Waals surface area contributed by atoms with Gasteiger partial charge in [-0.05, 0) is 29.7 Å². The monoisotopic (exact) mass is 521 g/mol. The number of hydrogen-bond donors (Lipinski definition) is 1. The number of halogens is 4. The van der Waals surface area contributed by atoms with E-state index in [1.165, 1.54) is 22.6 Å². The van der Waals surface area contributed by atoms with Crippen molar-refractivity contribution in [2.45, 2.75) is 35.8 Å². The Labute approximate surface area is 207 Å². The van der Waals surface area contributed by atoms with E-state index < -0.39 is 47.7 Å². The molecule has 0 saturated heterocycles. The molecular weight excluding hydrogens is 503 g/mol. The number of thioether (sulfide) groups is 1. The van der Waals surface area contributed by atoms with E-state index >= 15 is 0 Å². The van der Waals surface area contributed by atoms with Crippen LogP contribution in [0.15, 0.2) is 64.4 Å². The minimum absolute atomic E-state index is 0.440. The number of pyridine rings is 1. The molecule has 0 aliphatic carbocycles. The summed E-state index contributed by atoms with van der Waals surface area (Å²) < 4.78 is 42.6. The van der Waals surface area contributed by atoms with Crippen LogP contribution in [-0.2, 0) is 5.75 Å². The van der Waals surface area contributed by atoms with E-state index in [4.69, 9.17) is 11.6 Å². The van der Waals surface area contributed by atoms with Crippen LogP contribution in [0.3, 0.4) is 0 Å². The summed E-state index contributed by atoms with van der Waals surface area (Å²) in [5.41, 5.74) is 1.14. The third kappa shape index (κ3) is 3.84. The van der Waals surface area contributed by atoms with Crippen molar-refractivity contribution >= 4 is 29.3 Å². The van der Waals surface area contributed by atoms with Gasteiger partial charge in [-0.25, -0.2) is 0 Å². The number of aromatic nitrogens is 1. The van der Waals surface area contributed by atoms with E-state index in [-0.39, 0.29) is 0 Å². The van der Waals surface area contributed by atoms with Gasteiger partial charge in [0.1, 0.15) is 12.7 Å². The summed E-state index contributed by atoms with van der Waals surface area (Å²) in [5.74, 6) is -1.39. The topological polar surface area (TPSA) is 65.8 Å². The average molecular weight is 522 g/mol. The third-order valence-electron chi connectivity index (χ3n) is 6.34. The molecule has 1 N–H and O–H groups in total. The predicted octanol–water partition coefficient (Wildman–Crippen LogP) is 4.90. The molecule has 1 amide bonds. The Hall–Kier alpha value is -3.11. The first kappa shape index (κ1) is 23.6. The minimum Gasteiger partial charge on any atom is -0.502 e. The highest BCUT2D eigenvalue weighted by atomic mass is 35.5. The molecule has 3 aromatic rings. The number of hydrogen-bond acceptors (Lipinski definition) is 5. The number of alkyl halides is 3. The maximum atomic E-state index is 13.8. The Morgan fingerprint density at radius 2 is 1.80 bits per heavy atom. The zero-order valence-electron chi connectivity index (χ0n) is 18.3. The maximum Gasteiger partial charge on any atom is 0.408 e. The van der Waals surface area contributed by atoms with Crippen LogP contribution in [0.5, 0.6) is 5.75 Å². The Kier molecular flexibility index (Phi) is 5.76. The summed E-state index contributed by atoms with van der Waals surface area (Å²) in [6.45, 7) is 0.440. The largest absolute Gasteiger partial charge is 0.502 e. The first-order valence-corrected chi connectivity index (χ1v) is 12.0. The Bertz CT molecular complexity index is 1390. The van der Waals surface area contributed by atoms with Crippen LogP contribution in [-0.4, -0.2) is 39.5 Å². The van der Waals surface area contributed by atoms with E-state index in [9.17, 15) is 27.9 Å². The molecule has 0 radical (unpaired) electrons. The normalized spacial score (nSPS) is 18.4. The number of carbonyl (C=O) groups is 1. The molecule has 2 aliphatic heterocycles. The highest BCUT2D eigenvalue weighted by molar-refractivity contribution is 7.98. The first-order chi connectivity index (χ1) is 16.6. The van der Waals surface area contributed by atoms with Crippen molar-refractivity contribution in [2.24, 2.45) is 0 Å². The molecule has 5 rings (SSSR count). The Morgan fingerprint density at radius 1 is 1.09 bits per heavy atom. The van der Waals surface area contributed by atoms with Gasteiger partial charge in [0, 0.05) is 22.9 Å². The van der Waals surface area contributed by atoms with E-state index in [1.54, 1.807) is 17.1 Å². The second-order valence-electron chi connectivity index (χ2n) is 8.34. The van der Waals surface area contributed by atoms with E-state index in [0.717, 1.165) is 34.6 Å².